The summed E-state index contributed by atoms with van der Waals surface area (Å²) in [4.78, 5) is 31.8. The number of phenolic OH excluding ortho intramolecular Hbond substituents is 1. The van der Waals surface area contributed by atoms with Crippen molar-refractivity contribution in [2.24, 2.45) is 0 Å². The predicted octanol–water partition coefficient (Wildman–Crippen LogP) is 9.57. The molecular formula is C38H61ClN6O5. The van der Waals surface area contributed by atoms with Crippen LogP contribution in [0.4, 0.5) is 11.4 Å². The van der Waals surface area contributed by atoms with E-state index in [2.05, 4.69) is 34.7 Å². The third-order valence-corrected chi connectivity index (χ3v) is 9.19. The Morgan fingerprint density at radius 3 is 1.70 bits per heavy atom. The van der Waals surface area contributed by atoms with Gasteiger partial charge in [0.15, 0.2) is 17.2 Å². The number of nitrogens with one attached hydrogen (secondary N) is 3. The molecule has 1 aromatic carbocycles. The molecule has 0 bridgehead atoms. The van der Waals surface area contributed by atoms with Gasteiger partial charge in [-0.15, -0.1) is 5.10 Å². The van der Waals surface area contributed by atoms with Gasteiger partial charge in [-0.05, 0) is 38.8 Å². The molecule has 11 nitrogen and oxygen atoms in total. The second-order valence-corrected chi connectivity index (χ2v) is 14.5. The molecule has 0 aliphatic heterocycles. The fourth-order valence-electron chi connectivity index (χ4n) is 6.00. The van der Waals surface area contributed by atoms with E-state index in [1.165, 1.54) is 43.2 Å². The number of unbranched alkanes of at least 4 members (excludes halogenated alkanes) is 10. The van der Waals surface area contributed by atoms with Crippen LogP contribution in [0.3, 0.4) is 0 Å². The predicted molar refractivity (Wildman–Crippen MR) is 202 cm³/mol. The first-order valence-corrected chi connectivity index (χ1v) is 19.2. The van der Waals surface area contributed by atoms with E-state index in [1.54, 1.807) is 12.1 Å². The fourth-order valence-corrected chi connectivity index (χ4v) is 6.45. The van der Waals surface area contributed by atoms with Crippen LogP contribution in [0.5, 0.6) is 5.75 Å². The van der Waals surface area contributed by atoms with E-state index in [9.17, 15) is 14.7 Å². The monoisotopic (exact) mass is 716 g/mol. The molecular weight excluding hydrogens is 656 g/mol. The molecule has 12 heteroatoms. The van der Waals surface area contributed by atoms with Gasteiger partial charge in [-0.1, -0.05) is 123 Å². The maximum absolute atomic E-state index is 13.6. The van der Waals surface area contributed by atoms with Gasteiger partial charge in [-0.25, -0.2) is 4.98 Å². The number of aromatic hydroxyl groups is 1. The van der Waals surface area contributed by atoms with Crippen molar-refractivity contribution in [3.8, 4) is 17.1 Å². The van der Waals surface area contributed by atoms with E-state index in [0.717, 1.165) is 44.2 Å². The first kappa shape index (κ1) is 41.3. The highest BCUT2D eigenvalue weighted by atomic mass is 35.5. The zero-order valence-corrected chi connectivity index (χ0v) is 32.2. The summed E-state index contributed by atoms with van der Waals surface area (Å²) in [5.74, 6) is -0.726. The first-order chi connectivity index (χ1) is 23.9. The zero-order valence-electron chi connectivity index (χ0n) is 31.4. The van der Waals surface area contributed by atoms with Crippen molar-refractivity contribution >= 4 is 40.4 Å². The molecule has 2 aromatic heterocycles. The largest absolute Gasteiger partial charge is 0.504 e. The number of ether oxygens (including phenoxy) is 2. The molecule has 0 spiro atoms. The lowest BCUT2D eigenvalue weighted by Gasteiger charge is -2.20. The highest BCUT2D eigenvalue weighted by Crippen LogP contribution is 2.38. The molecule has 2 heterocycles. The molecule has 0 aliphatic rings. The summed E-state index contributed by atoms with van der Waals surface area (Å²) in [7, 11) is 0. The van der Waals surface area contributed by atoms with Gasteiger partial charge in [0.05, 0.1) is 17.1 Å². The van der Waals surface area contributed by atoms with Crippen molar-refractivity contribution < 1.29 is 24.2 Å². The normalized spacial score (nSPS) is 13.1. The Morgan fingerprint density at radius 2 is 1.28 bits per heavy atom. The van der Waals surface area contributed by atoms with Crippen LogP contribution in [0, 0.1) is 0 Å². The number of rotatable bonds is 23. The number of halogens is 1. The number of hydrogen-bond donors (Lipinski definition) is 4. The summed E-state index contributed by atoms with van der Waals surface area (Å²) in [6.45, 7) is 15.0. The Labute approximate surface area is 303 Å². The number of nitrogens with zero attached hydrogens (tertiary/aromatic N) is 3. The third-order valence-electron chi connectivity index (χ3n) is 8.83. The van der Waals surface area contributed by atoms with Gasteiger partial charge in [0.25, 0.3) is 11.8 Å². The minimum Gasteiger partial charge on any atom is -0.504 e. The molecule has 2 amide bonds. The molecule has 0 aliphatic carbocycles. The van der Waals surface area contributed by atoms with Crippen LogP contribution >= 0.6 is 11.6 Å². The topological polar surface area (TPSA) is 143 Å². The second-order valence-electron chi connectivity index (χ2n) is 14.1. The quantitative estimate of drug-likeness (QED) is 0.0565. The van der Waals surface area contributed by atoms with Crippen LogP contribution in [-0.4, -0.2) is 62.2 Å². The molecule has 50 heavy (non-hydrogen) atoms. The minimum atomic E-state index is -0.689. The Morgan fingerprint density at radius 1 is 0.820 bits per heavy atom. The number of amides is 2. The van der Waals surface area contributed by atoms with E-state index in [0.29, 0.717) is 48.1 Å². The van der Waals surface area contributed by atoms with Crippen molar-refractivity contribution in [2.75, 3.05) is 23.8 Å². The number of hydrogen-bond acceptors (Lipinski definition) is 7. The Bertz CT molecular complexity index is 1440. The average Bonchev–Trinajstić information content (AvgIpc) is 3.64. The number of phenols is 1. The maximum atomic E-state index is 13.6. The van der Waals surface area contributed by atoms with Crippen molar-refractivity contribution in [3.05, 3.63) is 22.8 Å². The van der Waals surface area contributed by atoms with Crippen molar-refractivity contribution in [2.45, 2.75) is 156 Å². The molecule has 2 unspecified atom stereocenters. The van der Waals surface area contributed by atoms with Crippen LogP contribution < -0.4 is 10.6 Å². The minimum absolute atomic E-state index is 0.110. The number of aromatic amines is 1. The van der Waals surface area contributed by atoms with Gasteiger partial charge in [-0.3, -0.25) is 14.7 Å². The molecule has 280 valence electrons. The molecule has 0 saturated carbocycles. The Balaban J connectivity index is 1.92. The number of anilines is 2. The smallest absolute Gasteiger partial charge is 0.253 e. The summed E-state index contributed by atoms with van der Waals surface area (Å²) < 4.78 is 13.2. The fraction of sp³-hybridized carbons (Fsp3) is 0.684. The lowest BCUT2D eigenvalue weighted by atomic mass is 9.92. The zero-order chi connectivity index (χ0) is 36.7. The molecule has 4 N–H and O–H groups in total. The highest BCUT2D eigenvalue weighted by Gasteiger charge is 2.27. The van der Waals surface area contributed by atoms with Gasteiger partial charge in [0.1, 0.15) is 17.2 Å². The number of H-pyrrole nitrogens is 1. The number of carbonyl (C=O) groups is 2. The van der Waals surface area contributed by atoms with E-state index in [4.69, 9.17) is 26.1 Å². The van der Waals surface area contributed by atoms with Gasteiger partial charge in [0, 0.05) is 24.2 Å². The number of carbonyl (C=O) groups excluding carboxylic acids is 2. The molecule has 2 atom stereocenters. The van der Waals surface area contributed by atoms with Gasteiger partial charge >= 0.3 is 0 Å². The van der Waals surface area contributed by atoms with Crippen molar-refractivity contribution in [1.29, 1.82) is 0 Å². The summed E-state index contributed by atoms with van der Waals surface area (Å²) in [6.07, 6.45) is 12.9. The number of aromatic nitrogens is 4. The molecule has 0 radical (unpaired) electrons. The molecule has 3 rings (SSSR count). The van der Waals surface area contributed by atoms with Crippen molar-refractivity contribution in [3.63, 3.8) is 0 Å². The van der Waals surface area contributed by atoms with Crippen LogP contribution in [0.15, 0.2) is 12.1 Å². The Hall–Kier alpha value is -3.15. The standard InChI is InChI=1S/C38H61ClN6O5/c1-8-12-14-16-18-20-22-29(49-10-3)36(47)40-27-24-26(34-42-35-31(39)33(38(5,6)7)43-45(35)44-34)25-28(32(27)46)41-37(48)30(50-11-4)23-21-19-17-15-13-9-2/h24-25,29-30,43,46H,8-23H2,1-7H3,(H,40,47)(H,41,48). The average molecular weight is 717 g/mol. The number of benzene rings is 1. The maximum Gasteiger partial charge on any atom is 0.253 e. The third kappa shape index (κ3) is 12.0. The summed E-state index contributed by atoms with van der Waals surface area (Å²) in [6, 6.07) is 3.20. The van der Waals surface area contributed by atoms with Gasteiger partial charge in [0.2, 0.25) is 0 Å². The summed E-state index contributed by atoms with van der Waals surface area (Å²) in [5, 5.41) is 25.5. The SMILES string of the molecule is CCCCCCCCC(OCC)C(=O)Nc1cc(-c2nc3c(Cl)c(C(C)(C)C)[nH]n3n2)cc(NC(=O)C(CCCCCCCC)OCC)c1O. The van der Waals surface area contributed by atoms with E-state index >= 15 is 0 Å². The molecule has 0 fully saturated rings. The molecule has 3 aromatic rings. The van der Waals surface area contributed by atoms with Crippen LogP contribution in [0.2, 0.25) is 5.02 Å². The van der Waals surface area contributed by atoms with Gasteiger partial charge in [-0.2, -0.15) is 4.63 Å². The summed E-state index contributed by atoms with van der Waals surface area (Å²) >= 11 is 6.71. The first-order valence-electron chi connectivity index (χ1n) is 18.8. The van der Waals surface area contributed by atoms with Crippen LogP contribution in [-0.2, 0) is 24.5 Å². The highest BCUT2D eigenvalue weighted by molar-refractivity contribution is 6.34. The molecule has 0 saturated heterocycles. The Kier molecular flexibility index (Phi) is 17.0. The lowest BCUT2D eigenvalue weighted by molar-refractivity contribution is -0.128. The van der Waals surface area contributed by atoms with Crippen LogP contribution in [0.1, 0.15) is 144 Å². The van der Waals surface area contributed by atoms with E-state index < -0.39 is 12.2 Å². The van der Waals surface area contributed by atoms with E-state index in [1.807, 2.05) is 34.6 Å². The van der Waals surface area contributed by atoms with Crippen LogP contribution in [0.25, 0.3) is 17.0 Å². The van der Waals surface area contributed by atoms with Crippen molar-refractivity contribution in [1.82, 2.24) is 19.8 Å². The van der Waals surface area contributed by atoms with Gasteiger partial charge < -0.3 is 25.2 Å². The lowest BCUT2D eigenvalue weighted by Crippen LogP contribution is -2.31. The summed E-state index contributed by atoms with van der Waals surface area (Å²) in [5.41, 5.74) is 1.67. The van der Waals surface area contributed by atoms with E-state index in [-0.39, 0.29) is 34.4 Å². The number of fused-ring (bicyclic) bond motifs is 1. The second kappa shape index (κ2) is 20.6.